The van der Waals surface area contributed by atoms with Gasteiger partial charge in [-0.05, 0) is 52.7 Å². The van der Waals surface area contributed by atoms with E-state index in [4.69, 9.17) is 0 Å². The molecule has 0 unspecified atom stereocenters. The second kappa shape index (κ2) is 5.38. The van der Waals surface area contributed by atoms with Crippen LogP contribution in [0.2, 0.25) is 0 Å². The molecule has 1 saturated carbocycles. The average molecular weight is 312 g/mol. The fraction of sp³-hybridized carbons (Fsp3) is 0.462. The lowest BCUT2D eigenvalue weighted by Crippen LogP contribution is -2.18. The molecule has 0 radical (unpaired) electrons. The molecule has 0 heterocycles. The van der Waals surface area contributed by atoms with Crippen molar-refractivity contribution in [1.82, 2.24) is 0 Å². The molecule has 2 nitrogen and oxygen atoms in total. The lowest BCUT2D eigenvalue weighted by molar-refractivity contribution is 0.455. The number of carbonyl (C=O) groups excluding carboxylic acids is 1. The van der Waals surface area contributed by atoms with Gasteiger partial charge in [0.25, 0.3) is 0 Å². The van der Waals surface area contributed by atoms with Gasteiger partial charge in [-0.25, -0.2) is 4.79 Å². The smallest absolute Gasteiger partial charge is 0.211 e. The van der Waals surface area contributed by atoms with Crippen LogP contribution in [0.5, 0.6) is 0 Å². The van der Waals surface area contributed by atoms with Gasteiger partial charge in [0.15, 0.2) is 0 Å². The quantitative estimate of drug-likeness (QED) is 0.474. The van der Waals surface area contributed by atoms with Gasteiger partial charge in [0.1, 0.15) is 0 Å². The molecular formula is C13H14BrNOS. The van der Waals surface area contributed by atoms with Crippen LogP contribution in [-0.4, -0.2) is 12.3 Å². The summed E-state index contributed by atoms with van der Waals surface area (Å²) in [5.41, 5.74) is 0.810. The molecule has 1 fully saturated rings. The Bertz CT molecular complexity index is 462. The summed E-state index contributed by atoms with van der Waals surface area (Å²) in [6, 6.07) is 6.27. The fourth-order valence-electron chi connectivity index (χ4n) is 2.47. The van der Waals surface area contributed by atoms with Crippen LogP contribution in [-0.2, 0) is 10.3 Å². The molecule has 0 bridgehead atoms. The summed E-state index contributed by atoms with van der Waals surface area (Å²) in [5.74, 6) is 0. The summed E-state index contributed by atoms with van der Waals surface area (Å²) in [7, 11) is 0. The SMILES string of the molecule is CSc1ccc(C2(N=C=O)CCCC2)cc1Br. The molecule has 2 rings (SSSR count). The maximum Gasteiger partial charge on any atom is 0.235 e. The Morgan fingerprint density at radius 3 is 2.65 bits per heavy atom. The van der Waals surface area contributed by atoms with Gasteiger partial charge in [-0.1, -0.05) is 18.9 Å². The van der Waals surface area contributed by atoms with E-state index >= 15 is 0 Å². The summed E-state index contributed by atoms with van der Waals surface area (Å²) in [4.78, 5) is 15.9. The van der Waals surface area contributed by atoms with E-state index in [1.807, 2.05) is 0 Å². The Kier molecular flexibility index (Phi) is 4.08. The molecule has 90 valence electrons. The number of hydrogen-bond acceptors (Lipinski definition) is 3. The highest BCUT2D eigenvalue weighted by Crippen LogP contribution is 2.43. The van der Waals surface area contributed by atoms with Crippen LogP contribution in [0.3, 0.4) is 0 Å². The molecule has 0 aliphatic heterocycles. The Balaban J connectivity index is 2.44. The minimum atomic E-state index is -0.318. The van der Waals surface area contributed by atoms with E-state index < -0.39 is 0 Å². The monoisotopic (exact) mass is 311 g/mol. The van der Waals surface area contributed by atoms with E-state index in [-0.39, 0.29) is 5.54 Å². The molecule has 1 aromatic carbocycles. The first kappa shape index (κ1) is 12.9. The van der Waals surface area contributed by atoms with Crippen molar-refractivity contribution < 1.29 is 4.79 Å². The molecular weight excluding hydrogens is 298 g/mol. The zero-order valence-electron chi connectivity index (χ0n) is 9.70. The molecule has 1 aromatic rings. The average Bonchev–Trinajstić information content (AvgIpc) is 2.79. The summed E-state index contributed by atoms with van der Waals surface area (Å²) < 4.78 is 1.08. The number of nitrogens with zero attached hydrogens (tertiary/aromatic N) is 1. The predicted molar refractivity (Wildman–Crippen MR) is 74.2 cm³/mol. The topological polar surface area (TPSA) is 29.4 Å². The van der Waals surface area contributed by atoms with Gasteiger partial charge in [0.05, 0.1) is 5.54 Å². The number of hydrogen-bond donors (Lipinski definition) is 0. The first-order valence-electron chi connectivity index (χ1n) is 5.65. The van der Waals surface area contributed by atoms with E-state index in [0.717, 1.165) is 35.7 Å². The van der Waals surface area contributed by atoms with Crippen LogP contribution in [0.4, 0.5) is 0 Å². The van der Waals surface area contributed by atoms with Crippen LogP contribution in [0.25, 0.3) is 0 Å². The van der Waals surface area contributed by atoms with Gasteiger partial charge < -0.3 is 0 Å². The normalized spacial score (nSPS) is 17.8. The number of benzene rings is 1. The summed E-state index contributed by atoms with van der Waals surface area (Å²) in [6.45, 7) is 0. The maximum atomic E-state index is 10.6. The number of rotatable bonds is 3. The van der Waals surface area contributed by atoms with Crippen LogP contribution >= 0.6 is 27.7 Å². The molecule has 0 N–H and O–H groups in total. The van der Waals surface area contributed by atoms with Crippen LogP contribution in [0.1, 0.15) is 31.2 Å². The van der Waals surface area contributed by atoms with Crippen molar-refractivity contribution in [3.05, 3.63) is 28.2 Å². The van der Waals surface area contributed by atoms with Crippen molar-refractivity contribution >= 4 is 33.8 Å². The zero-order valence-corrected chi connectivity index (χ0v) is 12.1. The third-order valence-corrected chi connectivity index (χ3v) is 5.09. The molecule has 0 aromatic heterocycles. The van der Waals surface area contributed by atoms with Crippen LogP contribution in [0, 0.1) is 0 Å². The van der Waals surface area contributed by atoms with Gasteiger partial charge >= 0.3 is 0 Å². The largest absolute Gasteiger partial charge is 0.235 e. The molecule has 0 amide bonds. The lowest BCUT2D eigenvalue weighted by atomic mass is 9.89. The Morgan fingerprint density at radius 1 is 1.41 bits per heavy atom. The van der Waals surface area contributed by atoms with E-state index in [2.05, 4.69) is 45.4 Å². The van der Waals surface area contributed by atoms with Gasteiger partial charge in [-0.15, -0.1) is 11.8 Å². The molecule has 0 spiro atoms. The molecule has 0 saturated heterocycles. The minimum absolute atomic E-state index is 0.318. The van der Waals surface area contributed by atoms with E-state index in [1.54, 1.807) is 17.8 Å². The molecule has 1 aliphatic rings. The Labute approximate surface area is 114 Å². The van der Waals surface area contributed by atoms with Gasteiger partial charge in [-0.2, -0.15) is 4.99 Å². The number of thioether (sulfide) groups is 1. The Hall–Kier alpha value is -0.570. The standard InChI is InChI=1S/C13H14BrNOS/c1-17-12-5-4-10(8-11(12)14)13(15-9-16)6-2-3-7-13/h4-5,8H,2-3,6-7H2,1H3. The van der Waals surface area contributed by atoms with Gasteiger partial charge in [-0.3, -0.25) is 0 Å². The third-order valence-electron chi connectivity index (χ3n) is 3.38. The van der Waals surface area contributed by atoms with Crippen molar-refractivity contribution in [1.29, 1.82) is 0 Å². The van der Waals surface area contributed by atoms with Gasteiger partial charge in [0.2, 0.25) is 6.08 Å². The van der Waals surface area contributed by atoms with Crippen LogP contribution in [0.15, 0.2) is 32.6 Å². The minimum Gasteiger partial charge on any atom is -0.211 e. The zero-order chi connectivity index (χ0) is 12.3. The van der Waals surface area contributed by atoms with Crippen molar-refractivity contribution in [3.8, 4) is 0 Å². The van der Waals surface area contributed by atoms with Crippen molar-refractivity contribution in [2.45, 2.75) is 36.1 Å². The molecule has 1 aliphatic carbocycles. The second-order valence-corrected chi connectivity index (χ2v) is 5.99. The number of halogens is 1. The molecule has 4 heteroatoms. The van der Waals surface area contributed by atoms with Crippen molar-refractivity contribution in [2.24, 2.45) is 4.99 Å². The highest BCUT2D eigenvalue weighted by Gasteiger charge is 2.35. The summed E-state index contributed by atoms with van der Waals surface area (Å²) >= 11 is 5.27. The first-order valence-corrected chi connectivity index (χ1v) is 7.67. The highest BCUT2D eigenvalue weighted by atomic mass is 79.9. The van der Waals surface area contributed by atoms with E-state index in [1.165, 1.54) is 4.90 Å². The number of isocyanates is 1. The van der Waals surface area contributed by atoms with E-state index in [9.17, 15) is 4.79 Å². The van der Waals surface area contributed by atoms with E-state index in [0.29, 0.717) is 0 Å². The van der Waals surface area contributed by atoms with Gasteiger partial charge in [0, 0.05) is 9.37 Å². The predicted octanol–water partition coefficient (Wildman–Crippen LogP) is 4.28. The first-order chi connectivity index (χ1) is 8.22. The Morgan fingerprint density at radius 2 is 2.12 bits per heavy atom. The molecule has 0 atom stereocenters. The second-order valence-electron chi connectivity index (χ2n) is 4.29. The fourth-order valence-corrected chi connectivity index (χ4v) is 3.79. The number of aliphatic imine (C=N–C) groups is 1. The summed E-state index contributed by atoms with van der Waals surface area (Å²) in [6.07, 6.45) is 7.97. The third kappa shape index (κ3) is 2.49. The maximum absolute atomic E-state index is 10.6. The van der Waals surface area contributed by atoms with Crippen molar-refractivity contribution in [2.75, 3.05) is 6.26 Å². The summed E-state index contributed by atoms with van der Waals surface area (Å²) in [5, 5.41) is 0. The van der Waals surface area contributed by atoms with Crippen molar-refractivity contribution in [3.63, 3.8) is 0 Å². The van der Waals surface area contributed by atoms with Crippen LogP contribution < -0.4 is 0 Å². The lowest BCUT2D eigenvalue weighted by Gasteiger charge is -2.23. The highest BCUT2D eigenvalue weighted by molar-refractivity contribution is 9.10. The molecule has 17 heavy (non-hydrogen) atoms.